The summed E-state index contributed by atoms with van der Waals surface area (Å²) in [4.78, 5) is 12.0. The van der Waals surface area contributed by atoms with Crippen molar-refractivity contribution in [1.82, 2.24) is 29.3 Å². The molecule has 0 unspecified atom stereocenters. The summed E-state index contributed by atoms with van der Waals surface area (Å²) in [6.45, 7) is 5.63. The molecule has 3 rings (SSSR count). The van der Waals surface area contributed by atoms with E-state index in [1.54, 1.807) is 23.3 Å². The molecule has 0 fully saturated rings. The fourth-order valence-electron chi connectivity index (χ4n) is 2.42. The molecule has 0 aliphatic heterocycles. The number of halogens is 1. The van der Waals surface area contributed by atoms with E-state index in [0.29, 0.717) is 17.3 Å². The van der Waals surface area contributed by atoms with Crippen molar-refractivity contribution in [2.75, 3.05) is 5.32 Å². The van der Waals surface area contributed by atoms with Gasteiger partial charge in [-0.3, -0.25) is 18.8 Å². The van der Waals surface area contributed by atoms with E-state index < -0.39 is 0 Å². The highest BCUT2D eigenvalue weighted by atomic mass is 35.5. The van der Waals surface area contributed by atoms with Gasteiger partial charge in [0.25, 0.3) is 0 Å². The van der Waals surface area contributed by atoms with Crippen molar-refractivity contribution in [2.24, 2.45) is 0 Å². The van der Waals surface area contributed by atoms with Gasteiger partial charge < -0.3 is 5.32 Å². The van der Waals surface area contributed by atoms with Crippen molar-refractivity contribution >= 4 is 23.2 Å². The largest absolute Gasteiger partial charge is 0.322 e. The van der Waals surface area contributed by atoms with E-state index in [9.17, 15) is 4.79 Å². The summed E-state index contributed by atoms with van der Waals surface area (Å²) >= 11 is 5.77. The minimum Gasteiger partial charge on any atom is -0.322 e. The van der Waals surface area contributed by atoms with Gasteiger partial charge in [0.2, 0.25) is 5.91 Å². The van der Waals surface area contributed by atoms with E-state index in [1.165, 1.54) is 10.9 Å². The first-order chi connectivity index (χ1) is 11.5. The maximum absolute atomic E-state index is 12.0. The summed E-state index contributed by atoms with van der Waals surface area (Å²) in [5.41, 5.74) is 2.86. The third-order valence-electron chi connectivity index (χ3n) is 3.66. The molecule has 3 aromatic heterocycles. The Kier molecular flexibility index (Phi) is 4.66. The van der Waals surface area contributed by atoms with E-state index in [4.69, 9.17) is 11.6 Å². The lowest BCUT2D eigenvalue weighted by atomic mass is 10.2. The molecule has 3 heterocycles. The number of carbonyl (C=O) groups excluding carboxylic acids is 1. The van der Waals surface area contributed by atoms with Gasteiger partial charge in [-0.05, 0) is 13.8 Å². The highest BCUT2D eigenvalue weighted by Gasteiger charge is 2.09. The average Bonchev–Trinajstić information content (AvgIpc) is 3.23. The number of carbonyl (C=O) groups is 1. The van der Waals surface area contributed by atoms with Gasteiger partial charge in [0.15, 0.2) is 0 Å². The van der Waals surface area contributed by atoms with Crippen LogP contribution in [0.4, 0.5) is 5.69 Å². The average molecular weight is 348 g/mol. The normalized spacial score (nSPS) is 11.0. The molecule has 0 spiro atoms. The Hall–Kier alpha value is -2.61. The minimum atomic E-state index is -0.190. The number of nitrogens with one attached hydrogen (secondary N) is 1. The molecular formula is C15H18ClN7O. The van der Waals surface area contributed by atoms with E-state index in [1.807, 2.05) is 17.8 Å². The maximum Gasteiger partial charge on any atom is 0.246 e. The standard InChI is InChI=1S/C15H18ClN7O/c1-3-23-11(2)12(4-19-23)7-21-9-14(6-18-21)20-15(24)10-22-8-13(16)5-17-22/h4-6,8-9H,3,7,10H2,1-2H3,(H,20,24). The second-order valence-electron chi connectivity index (χ2n) is 5.40. The Labute approximate surface area is 144 Å². The molecule has 24 heavy (non-hydrogen) atoms. The zero-order valence-electron chi connectivity index (χ0n) is 13.5. The molecule has 1 amide bonds. The van der Waals surface area contributed by atoms with Gasteiger partial charge in [-0.25, -0.2) is 0 Å². The number of aryl methyl sites for hydroxylation is 1. The predicted octanol–water partition coefficient (Wildman–Crippen LogP) is 1.94. The van der Waals surface area contributed by atoms with Crippen LogP contribution in [-0.4, -0.2) is 35.2 Å². The number of amides is 1. The Morgan fingerprint density at radius 3 is 2.62 bits per heavy atom. The summed E-state index contributed by atoms with van der Waals surface area (Å²) in [5, 5.41) is 15.9. The number of nitrogens with zero attached hydrogens (tertiary/aromatic N) is 6. The molecule has 126 valence electrons. The maximum atomic E-state index is 12.0. The Bertz CT molecular complexity index is 848. The first-order valence-corrected chi connectivity index (χ1v) is 7.94. The van der Waals surface area contributed by atoms with E-state index in [-0.39, 0.29) is 12.5 Å². The Morgan fingerprint density at radius 2 is 1.96 bits per heavy atom. The molecule has 9 heteroatoms. The molecule has 1 N–H and O–H groups in total. The number of aromatic nitrogens is 6. The van der Waals surface area contributed by atoms with Crippen LogP contribution in [-0.2, 0) is 24.4 Å². The summed E-state index contributed by atoms with van der Waals surface area (Å²) in [6, 6.07) is 0. The van der Waals surface area contributed by atoms with Crippen molar-refractivity contribution in [3.8, 4) is 0 Å². The van der Waals surface area contributed by atoms with Crippen molar-refractivity contribution in [3.63, 3.8) is 0 Å². The quantitative estimate of drug-likeness (QED) is 0.738. The number of hydrogen-bond acceptors (Lipinski definition) is 4. The van der Waals surface area contributed by atoms with Gasteiger partial charge >= 0.3 is 0 Å². The van der Waals surface area contributed by atoms with Crippen LogP contribution in [0.1, 0.15) is 18.2 Å². The molecule has 3 aromatic rings. The van der Waals surface area contributed by atoms with Crippen LogP contribution in [0, 0.1) is 6.92 Å². The molecular weight excluding hydrogens is 330 g/mol. The van der Waals surface area contributed by atoms with Crippen molar-refractivity contribution in [2.45, 2.75) is 33.5 Å². The molecule has 0 aromatic carbocycles. The highest BCUT2D eigenvalue weighted by molar-refractivity contribution is 6.30. The molecule has 0 radical (unpaired) electrons. The first-order valence-electron chi connectivity index (χ1n) is 7.56. The number of rotatable bonds is 6. The fourth-order valence-corrected chi connectivity index (χ4v) is 2.58. The summed E-state index contributed by atoms with van der Waals surface area (Å²) in [7, 11) is 0. The van der Waals surface area contributed by atoms with E-state index in [2.05, 4.69) is 27.5 Å². The Balaban J connectivity index is 1.60. The third kappa shape index (κ3) is 3.65. The molecule has 0 aliphatic rings. The topological polar surface area (TPSA) is 82.6 Å². The smallest absolute Gasteiger partial charge is 0.246 e. The van der Waals surface area contributed by atoms with Crippen LogP contribution >= 0.6 is 11.6 Å². The molecule has 0 saturated carbocycles. The number of hydrogen-bond donors (Lipinski definition) is 1. The lowest BCUT2D eigenvalue weighted by Crippen LogP contribution is -2.18. The van der Waals surface area contributed by atoms with Gasteiger partial charge in [-0.2, -0.15) is 15.3 Å². The van der Waals surface area contributed by atoms with Crippen LogP contribution in [0.25, 0.3) is 0 Å². The molecule has 0 saturated heterocycles. The van der Waals surface area contributed by atoms with Crippen molar-refractivity contribution in [1.29, 1.82) is 0 Å². The van der Waals surface area contributed by atoms with Crippen LogP contribution in [0.5, 0.6) is 0 Å². The lowest BCUT2D eigenvalue weighted by molar-refractivity contribution is -0.116. The van der Waals surface area contributed by atoms with E-state index >= 15 is 0 Å². The van der Waals surface area contributed by atoms with Gasteiger partial charge in [-0.1, -0.05) is 11.6 Å². The highest BCUT2D eigenvalue weighted by Crippen LogP contribution is 2.12. The zero-order chi connectivity index (χ0) is 17.1. The molecule has 8 nitrogen and oxygen atoms in total. The van der Waals surface area contributed by atoms with Gasteiger partial charge in [0.1, 0.15) is 6.54 Å². The zero-order valence-corrected chi connectivity index (χ0v) is 14.2. The van der Waals surface area contributed by atoms with Crippen LogP contribution in [0.15, 0.2) is 31.0 Å². The second-order valence-corrected chi connectivity index (χ2v) is 5.84. The Morgan fingerprint density at radius 1 is 1.17 bits per heavy atom. The molecule has 0 atom stereocenters. The van der Waals surface area contributed by atoms with Crippen molar-refractivity contribution in [3.05, 3.63) is 47.3 Å². The molecule has 0 bridgehead atoms. The lowest BCUT2D eigenvalue weighted by Gasteiger charge is -2.03. The van der Waals surface area contributed by atoms with Crippen molar-refractivity contribution < 1.29 is 4.79 Å². The summed E-state index contributed by atoms with van der Waals surface area (Å²) in [5.74, 6) is -0.190. The predicted molar refractivity (Wildman–Crippen MR) is 89.8 cm³/mol. The summed E-state index contributed by atoms with van der Waals surface area (Å²) < 4.78 is 5.19. The monoisotopic (exact) mass is 347 g/mol. The first kappa shape index (κ1) is 16.3. The van der Waals surface area contributed by atoms with Gasteiger partial charge in [-0.15, -0.1) is 0 Å². The summed E-state index contributed by atoms with van der Waals surface area (Å²) in [6.07, 6.45) is 8.34. The van der Waals surface area contributed by atoms with Crippen LogP contribution in [0.3, 0.4) is 0 Å². The minimum absolute atomic E-state index is 0.0975. The number of anilines is 1. The van der Waals surface area contributed by atoms with Gasteiger partial charge in [0, 0.05) is 30.2 Å². The van der Waals surface area contributed by atoms with Crippen LogP contribution < -0.4 is 5.32 Å². The third-order valence-corrected chi connectivity index (χ3v) is 3.86. The fraction of sp³-hybridized carbons (Fsp3) is 0.333. The molecule has 0 aliphatic carbocycles. The van der Waals surface area contributed by atoms with Gasteiger partial charge in [0.05, 0.1) is 35.8 Å². The van der Waals surface area contributed by atoms with Crippen LogP contribution in [0.2, 0.25) is 5.02 Å². The van der Waals surface area contributed by atoms with E-state index in [0.717, 1.165) is 17.8 Å². The SMILES string of the molecule is CCn1ncc(Cn2cc(NC(=O)Cn3cc(Cl)cn3)cn2)c1C. The second kappa shape index (κ2) is 6.88.